The molecule has 0 aliphatic carbocycles. The zero-order valence-electron chi connectivity index (χ0n) is 17.2. The van der Waals surface area contributed by atoms with E-state index in [-0.39, 0.29) is 29.7 Å². The molecule has 0 radical (unpaired) electrons. The third-order valence-corrected chi connectivity index (χ3v) is 6.33. The zero-order chi connectivity index (χ0) is 19.4. The fourth-order valence-corrected chi connectivity index (χ4v) is 3.86. The van der Waals surface area contributed by atoms with Crippen molar-refractivity contribution in [2.75, 3.05) is 58.7 Å². The van der Waals surface area contributed by atoms with Crippen molar-refractivity contribution in [3.8, 4) is 0 Å². The normalized spacial score (nSPS) is 17.4. The molecule has 0 saturated carbocycles. The lowest BCUT2D eigenvalue weighted by molar-refractivity contribution is 0.00272. The van der Waals surface area contributed by atoms with Crippen LogP contribution in [0.1, 0.15) is 33.6 Å². The summed E-state index contributed by atoms with van der Waals surface area (Å²) in [6.07, 6.45) is 2.29. The highest BCUT2D eigenvalue weighted by atomic mass is 127. The van der Waals surface area contributed by atoms with Gasteiger partial charge in [-0.1, -0.05) is 26.7 Å². The van der Waals surface area contributed by atoms with Crippen LogP contribution >= 0.6 is 24.0 Å². The molecule has 1 aliphatic heterocycles. The van der Waals surface area contributed by atoms with E-state index >= 15 is 0 Å². The molecule has 0 aromatic rings. The van der Waals surface area contributed by atoms with E-state index in [1.807, 2.05) is 0 Å². The quantitative estimate of drug-likeness (QED) is 0.162. The Morgan fingerprint density at radius 3 is 2.26 bits per heavy atom. The van der Waals surface area contributed by atoms with E-state index in [4.69, 9.17) is 4.74 Å². The minimum absolute atomic E-state index is 0. The summed E-state index contributed by atoms with van der Waals surface area (Å²) in [4.78, 5) is 6.76. The first-order chi connectivity index (χ1) is 12.5. The van der Waals surface area contributed by atoms with Crippen LogP contribution in [0.15, 0.2) is 4.99 Å². The monoisotopic (exact) mass is 519 g/mol. The molecule has 27 heavy (non-hydrogen) atoms. The van der Waals surface area contributed by atoms with Gasteiger partial charge in [0.05, 0.1) is 19.0 Å². The van der Waals surface area contributed by atoms with Crippen LogP contribution in [0.5, 0.6) is 0 Å². The Morgan fingerprint density at radius 2 is 1.74 bits per heavy atom. The van der Waals surface area contributed by atoms with Crippen molar-refractivity contribution in [1.82, 2.24) is 20.3 Å². The average Bonchev–Trinajstić information content (AvgIpc) is 2.67. The number of hydrogen-bond acceptors (Lipinski definition) is 5. The molecule has 3 N–H and O–H groups in total. The van der Waals surface area contributed by atoms with E-state index in [9.17, 15) is 8.42 Å². The lowest BCUT2D eigenvalue weighted by Crippen LogP contribution is -2.53. The molecule has 0 amide bonds. The highest BCUT2D eigenvalue weighted by molar-refractivity contribution is 14.0. The molecule has 1 fully saturated rings. The van der Waals surface area contributed by atoms with Crippen molar-refractivity contribution in [2.24, 2.45) is 10.9 Å². The van der Waals surface area contributed by atoms with Gasteiger partial charge in [-0.05, 0) is 12.8 Å². The summed E-state index contributed by atoms with van der Waals surface area (Å²) in [6.45, 7) is 11.3. The molecule has 1 heterocycles. The number of hydrogen-bond donors (Lipinski definition) is 3. The maximum atomic E-state index is 11.4. The highest BCUT2D eigenvalue weighted by Crippen LogP contribution is 2.19. The summed E-state index contributed by atoms with van der Waals surface area (Å²) < 4.78 is 30.9. The molecular formula is C17H38IN5O3S. The summed E-state index contributed by atoms with van der Waals surface area (Å²) in [6, 6.07) is 0.436. The Labute approximate surface area is 182 Å². The van der Waals surface area contributed by atoms with Crippen LogP contribution < -0.4 is 15.4 Å². The van der Waals surface area contributed by atoms with Gasteiger partial charge >= 0.3 is 0 Å². The van der Waals surface area contributed by atoms with Crippen molar-refractivity contribution in [3.63, 3.8) is 0 Å². The minimum atomic E-state index is -3.15. The van der Waals surface area contributed by atoms with E-state index in [1.54, 1.807) is 14.0 Å². The van der Waals surface area contributed by atoms with Gasteiger partial charge in [-0.15, -0.1) is 24.0 Å². The second kappa shape index (κ2) is 14.8. The standard InChI is InChI=1S/C17H37N5O3S.HI/c1-5-15(6-2)16(22-10-12-25-13-11-22)14-20-17(18-4)19-8-9-21-26(23,24)7-3;/h15-16,21H,5-14H2,1-4H3,(H2,18,19,20);1H. The van der Waals surface area contributed by atoms with Gasteiger partial charge in [0.1, 0.15) is 0 Å². The molecule has 0 aromatic carbocycles. The lowest BCUT2D eigenvalue weighted by Gasteiger charge is -2.39. The highest BCUT2D eigenvalue weighted by Gasteiger charge is 2.26. The SMILES string of the molecule is CCC(CC)C(CNC(=NC)NCCNS(=O)(=O)CC)N1CCOCC1.I. The summed E-state index contributed by atoms with van der Waals surface area (Å²) >= 11 is 0. The number of halogens is 1. The van der Waals surface area contributed by atoms with Crippen molar-refractivity contribution in [3.05, 3.63) is 0 Å². The minimum Gasteiger partial charge on any atom is -0.379 e. The molecule has 0 bridgehead atoms. The van der Waals surface area contributed by atoms with E-state index in [1.165, 1.54) is 0 Å². The van der Waals surface area contributed by atoms with Crippen molar-refractivity contribution in [2.45, 2.75) is 39.7 Å². The molecule has 0 aromatic heterocycles. The topological polar surface area (TPSA) is 95.1 Å². The molecule has 1 aliphatic rings. The molecule has 162 valence electrons. The van der Waals surface area contributed by atoms with E-state index in [0.29, 0.717) is 31.0 Å². The number of guanidine groups is 1. The Balaban J connectivity index is 0.00000676. The third kappa shape index (κ3) is 10.2. The lowest BCUT2D eigenvalue weighted by atomic mass is 9.92. The summed E-state index contributed by atoms with van der Waals surface area (Å²) in [5.74, 6) is 1.41. The van der Waals surface area contributed by atoms with Crippen molar-refractivity contribution >= 4 is 40.0 Å². The molecule has 8 nitrogen and oxygen atoms in total. The molecular weight excluding hydrogens is 481 g/mol. The maximum absolute atomic E-state index is 11.4. The zero-order valence-corrected chi connectivity index (χ0v) is 20.3. The van der Waals surface area contributed by atoms with Crippen LogP contribution in [0, 0.1) is 5.92 Å². The summed E-state index contributed by atoms with van der Waals surface area (Å²) in [5.41, 5.74) is 0. The number of sulfonamides is 1. The second-order valence-corrected chi connectivity index (χ2v) is 8.57. The first-order valence-electron chi connectivity index (χ1n) is 9.71. The predicted molar refractivity (Wildman–Crippen MR) is 122 cm³/mol. The Morgan fingerprint density at radius 1 is 1.11 bits per heavy atom. The van der Waals surface area contributed by atoms with E-state index < -0.39 is 10.0 Å². The van der Waals surface area contributed by atoms with Gasteiger partial charge < -0.3 is 15.4 Å². The van der Waals surface area contributed by atoms with Crippen LogP contribution in [0.3, 0.4) is 0 Å². The third-order valence-electron chi connectivity index (χ3n) is 4.93. The predicted octanol–water partition coefficient (Wildman–Crippen LogP) is 0.846. The van der Waals surface area contributed by atoms with Crippen molar-refractivity contribution < 1.29 is 13.2 Å². The van der Waals surface area contributed by atoms with Crippen LogP contribution in [-0.4, -0.2) is 84.1 Å². The fraction of sp³-hybridized carbons (Fsp3) is 0.941. The number of aliphatic imine (C=N–C) groups is 1. The van der Waals surface area contributed by atoms with Crippen LogP contribution in [-0.2, 0) is 14.8 Å². The molecule has 0 spiro atoms. The molecule has 1 rings (SSSR count). The number of ether oxygens (including phenoxy) is 1. The molecule has 1 atom stereocenters. The van der Waals surface area contributed by atoms with Crippen LogP contribution in [0.2, 0.25) is 0 Å². The summed E-state index contributed by atoms with van der Waals surface area (Å²) in [5, 5.41) is 6.57. The Bertz CT molecular complexity index is 509. The Kier molecular flexibility index (Phi) is 14.7. The second-order valence-electron chi connectivity index (χ2n) is 6.47. The first kappa shape index (κ1) is 26.8. The first-order valence-corrected chi connectivity index (χ1v) is 11.4. The van der Waals surface area contributed by atoms with Gasteiger partial charge in [-0.25, -0.2) is 13.1 Å². The van der Waals surface area contributed by atoms with Gasteiger partial charge in [0.2, 0.25) is 10.0 Å². The molecule has 10 heteroatoms. The number of morpholine rings is 1. The Hall–Kier alpha value is -0.170. The van der Waals surface area contributed by atoms with Crippen LogP contribution in [0.25, 0.3) is 0 Å². The molecule has 1 saturated heterocycles. The van der Waals surface area contributed by atoms with Crippen molar-refractivity contribution in [1.29, 1.82) is 0 Å². The average molecular weight is 519 g/mol. The van der Waals surface area contributed by atoms with Gasteiger partial charge in [0.15, 0.2) is 5.96 Å². The number of nitrogens with zero attached hydrogens (tertiary/aromatic N) is 2. The maximum Gasteiger partial charge on any atom is 0.211 e. The van der Waals surface area contributed by atoms with Gasteiger partial charge in [0, 0.05) is 45.8 Å². The largest absolute Gasteiger partial charge is 0.379 e. The van der Waals surface area contributed by atoms with E-state index in [0.717, 1.165) is 45.7 Å². The number of rotatable bonds is 11. The van der Waals surface area contributed by atoms with Gasteiger partial charge in [0.25, 0.3) is 0 Å². The summed E-state index contributed by atoms with van der Waals surface area (Å²) in [7, 11) is -1.42. The van der Waals surface area contributed by atoms with Gasteiger partial charge in [-0.2, -0.15) is 0 Å². The number of nitrogens with one attached hydrogen (secondary N) is 3. The smallest absolute Gasteiger partial charge is 0.211 e. The van der Waals surface area contributed by atoms with Crippen LogP contribution in [0.4, 0.5) is 0 Å². The molecule has 1 unspecified atom stereocenters. The fourth-order valence-electron chi connectivity index (χ4n) is 3.25. The van der Waals surface area contributed by atoms with E-state index in [2.05, 4.69) is 39.1 Å². The van der Waals surface area contributed by atoms with Gasteiger partial charge in [-0.3, -0.25) is 9.89 Å².